The van der Waals surface area contributed by atoms with Gasteiger partial charge in [-0.05, 0) is 48.2 Å². The zero-order valence-electron chi connectivity index (χ0n) is 16.9. The number of halogens is 2. The standard InChI is InChI=1S/C22H24Cl2N2O4/c1-3-18(22(28)25-2)26(12-15-4-7-16(23)17(24)10-15)21(27)9-6-14-5-8-19-20(11-14)30-13-29-19/h4-5,7-8,10-11,18H,3,6,9,12-13H2,1-2H3,(H,25,28). The Morgan fingerprint density at radius 2 is 1.80 bits per heavy atom. The van der Waals surface area contributed by atoms with Gasteiger partial charge in [-0.1, -0.05) is 42.3 Å². The normalized spacial score (nSPS) is 13.1. The van der Waals surface area contributed by atoms with E-state index in [1.54, 1.807) is 24.1 Å². The van der Waals surface area contributed by atoms with Gasteiger partial charge < -0.3 is 19.7 Å². The molecule has 1 N–H and O–H groups in total. The summed E-state index contributed by atoms with van der Waals surface area (Å²) in [6.45, 7) is 2.36. The number of benzene rings is 2. The van der Waals surface area contributed by atoms with Crippen molar-refractivity contribution in [3.05, 3.63) is 57.6 Å². The van der Waals surface area contributed by atoms with E-state index in [1.165, 1.54) is 0 Å². The highest BCUT2D eigenvalue weighted by Crippen LogP contribution is 2.33. The van der Waals surface area contributed by atoms with Crippen LogP contribution in [0.3, 0.4) is 0 Å². The molecular weight excluding hydrogens is 427 g/mol. The molecule has 1 aliphatic rings. The minimum Gasteiger partial charge on any atom is -0.454 e. The lowest BCUT2D eigenvalue weighted by Gasteiger charge is -2.30. The Kier molecular flexibility index (Phi) is 7.45. The molecule has 0 radical (unpaired) electrons. The number of carbonyl (C=O) groups is 2. The van der Waals surface area contributed by atoms with Crippen molar-refractivity contribution in [3.8, 4) is 11.5 Å². The lowest BCUT2D eigenvalue weighted by atomic mass is 10.1. The fourth-order valence-electron chi connectivity index (χ4n) is 3.41. The zero-order valence-corrected chi connectivity index (χ0v) is 18.4. The van der Waals surface area contributed by atoms with E-state index < -0.39 is 6.04 Å². The van der Waals surface area contributed by atoms with E-state index in [2.05, 4.69) is 5.32 Å². The molecule has 2 aromatic carbocycles. The second-order valence-corrected chi connectivity index (χ2v) is 7.81. The number of amides is 2. The third-order valence-electron chi connectivity index (χ3n) is 5.03. The van der Waals surface area contributed by atoms with Gasteiger partial charge in [-0.3, -0.25) is 9.59 Å². The van der Waals surface area contributed by atoms with Gasteiger partial charge in [0, 0.05) is 20.0 Å². The Balaban J connectivity index is 1.76. The van der Waals surface area contributed by atoms with E-state index in [4.69, 9.17) is 32.7 Å². The van der Waals surface area contributed by atoms with Crippen molar-refractivity contribution in [2.24, 2.45) is 0 Å². The van der Waals surface area contributed by atoms with Crippen LogP contribution in [0.4, 0.5) is 0 Å². The molecule has 30 heavy (non-hydrogen) atoms. The molecule has 6 nitrogen and oxygen atoms in total. The van der Waals surface area contributed by atoms with Gasteiger partial charge in [0.15, 0.2) is 11.5 Å². The maximum Gasteiger partial charge on any atom is 0.242 e. The number of carbonyl (C=O) groups excluding carboxylic acids is 2. The smallest absolute Gasteiger partial charge is 0.242 e. The Hall–Kier alpha value is -2.44. The number of rotatable bonds is 8. The van der Waals surface area contributed by atoms with Crippen molar-refractivity contribution >= 4 is 35.0 Å². The zero-order chi connectivity index (χ0) is 21.7. The summed E-state index contributed by atoms with van der Waals surface area (Å²) in [4.78, 5) is 27.2. The second-order valence-electron chi connectivity index (χ2n) is 7.00. The van der Waals surface area contributed by atoms with Crippen LogP contribution in [0.5, 0.6) is 11.5 Å². The van der Waals surface area contributed by atoms with E-state index in [1.807, 2.05) is 31.2 Å². The molecule has 1 aliphatic heterocycles. The highest BCUT2D eigenvalue weighted by atomic mass is 35.5. The largest absolute Gasteiger partial charge is 0.454 e. The predicted molar refractivity (Wildman–Crippen MR) is 116 cm³/mol. The molecule has 0 spiro atoms. The molecule has 8 heteroatoms. The Morgan fingerprint density at radius 1 is 1.07 bits per heavy atom. The summed E-state index contributed by atoms with van der Waals surface area (Å²) >= 11 is 12.1. The maximum atomic E-state index is 13.2. The molecule has 3 rings (SSSR count). The summed E-state index contributed by atoms with van der Waals surface area (Å²) in [5.74, 6) is 1.07. The summed E-state index contributed by atoms with van der Waals surface area (Å²) in [5.41, 5.74) is 1.78. The van der Waals surface area contributed by atoms with Crippen LogP contribution in [0, 0.1) is 0 Å². The highest BCUT2D eigenvalue weighted by Gasteiger charge is 2.28. The Bertz CT molecular complexity index is 935. The fraction of sp³-hybridized carbons (Fsp3) is 0.364. The second kappa shape index (κ2) is 10.0. The first-order chi connectivity index (χ1) is 14.4. The van der Waals surface area contributed by atoms with Gasteiger partial charge in [-0.15, -0.1) is 0 Å². The van der Waals surface area contributed by atoms with Crippen molar-refractivity contribution in [1.29, 1.82) is 0 Å². The van der Waals surface area contributed by atoms with Crippen LogP contribution in [-0.2, 0) is 22.6 Å². The Labute approximate surface area is 186 Å². The minimum absolute atomic E-state index is 0.116. The van der Waals surface area contributed by atoms with Crippen LogP contribution >= 0.6 is 23.2 Å². The van der Waals surface area contributed by atoms with Gasteiger partial charge >= 0.3 is 0 Å². The predicted octanol–water partition coefficient (Wildman–Crippen LogP) is 4.21. The first-order valence-corrected chi connectivity index (χ1v) is 10.5. The van der Waals surface area contributed by atoms with Crippen molar-refractivity contribution in [1.82, 2.24) is 10.2 Å². The molecule has 0 saturated heterocycles. The lowest BCUT2D eigenvalue weighted by Crippen LogP contribution is -2.48. The van der Waals surface area contributed by atoms with Gasteiger partial charge in [0.2, 0.25) is 18.6 Å². The van der Waals surface area contributed by atoms with Crippen LogP contribution in [0.15, 0.2) is 36.4 Å². The number of nitrogens with zero attached hydrogens (tertiary/aromatic N) is 1. The van der Waals surface area contributed by atoms with Crippen molar-refractivity contribution in [2.75, 3.05) is 13.8 Å². The van der Waals surface area contributed by atoms with Gasteiger partial charge in [-0.25, -0.2) is 0 Å². The number of fused-ring (bicyclic) bond motifs is 1. The van der Waals surface area contributed by atoms with E-state index in [0.29, 0.717) is 34.4 Å². The number of likely N-dealkylation sites (N-methyl/N-ethyl adjacent to an activating group) is 1. The number of aryl methyl sites for hydroxylation is 1. The lowest BCUT2D eigenvalue weighted by molar-refractivity contribution is -0.141. The van der Waals surface area contributed by atoms with Crippen molar-refractivity contribution in [3.63, 3.8) is 0 Å². The van der Waals surface area contributed by atoms with Crippen LogP contribution in [0.1, 0.15) is 30.9 Å². The van der Waals surface area contributed by atoms with Crippen molar-refractivity contribution in [2.45, 2.75) is 38.8 Å². The SMILES string of the molecule is CCC(C(=O)NC)N(Cc1ccc(Cl)c(Cl)c1)C(=O)CCc1ccc2c(c1)OCO2. The molecule has 2 amide bonds. The number of ether oxygens (including phenoxy) is 2. The quantitative estimate of drug-likeness (QED) is 0.653. The van der Waals surface area contributed by atoms with E-state index in [0.717, 1.165) is 11.1 Å². The third kappa shape index (κ3) is 5.18. The van der Waals surface area contributed by atoms with Crippen molar-refractivity contribution < 1.29 is 19.1 Å². The number of hydrogen-bond donors (Lipinski definition) is 1. The molecule has 2 aromatic rings. The van der Waals surface area contributed by atoms with Crippen LogP contribution in [0.25, 0.3) is 0 Å². The van der Waals surface area contributed by atoms with Crippen LogP contribution < -0.4 is 14.8 Å². The van der Waals surface area contributed by atoms with Gasteiger partial charge in [0.25, 0.3) is 0 Å². The summed E-state index contributed by atoms with van der Waals surface area (Å²) < 4.78 is 10.7. The van der Waals surface area contributed by atoms with E-state index in [-0.39, 0.29) is 31.6 Å². The summed E-state index contributed by atoms with van der Waals surface area (Å²) in [6.07, 6.45) is 1.28. The first-order valence-electron chi connectivity index (χ1n) is 9.76. The van der Waals surface area contributed by atoms with Crippen LogP contribution in [-0.4, -0.2) is 36.6 Å². The van der Waals surface area contributed by atoms with Gasteiger partial charge in [0.1, 0.15) is 6.04 Å². The summed E-state index contributed by atoms with van der Waals surface area (Å²) in [5, 5.41) is 3.51. The van der Waals surface area contributed by atoms with E-state index >= 15 is 0 Å². The Morgan fingerprint density at radius 3 is 2.50 bits per heavy atom. The molecule has 1 atom stereocenters. The highest BCUT2D eigenvalue weighted by molar-refractivity contribution is 6.42. The molecule has 0 fully saturated rings. The summed E-state index contributed by atoms with van der Waals surface area (Å²) in [6, 6.07) is 10.3. The third-order valence-corrected chi connectivity index (χ3v) is 5.77. The maximum absolute atomic E-state index is 13.2. The number of hydrogen-bond acceptors (Lipinski definition) is 4. The number of nitrogens with one attached hydrogen (secondary N) is 1. The minimum atomic E-state index is -0.575. The molecule has 160 valence electrons. The molecule has 1 unspecified atom stereocenters. The summed E-state index contributed by atoms with van der Waals surface area (Å²) in [7, 11) is 1.57. The molecule has 0 aromatic heterocycles. The van der Waals surface area contributed by atoms with Crippen LogP contribution in [0.2, 0.25) is 10.0 Å². The first kappa shape index (κ1) is 22.2. The average Bonchev–Trinajstić information content (AvgIpc) is 3.22. The molecule has 1 heterocycles. The average molecular weight is 451 g/mol. The molecule has 0 aliphatic carbocycles. The molecule has 0 bridgehead atoms. The van der Waals surface area contributed by atoms with Gasteiger partial charge in [-0.2, -0.15) is 0 Å². The molecular formula is C22H24Cl2N2O4. The topological polar surface area (TPSA) is 67.9 Å². The van der Waals surface area contributed by atoms with Gasteiger partial charge in [0.05, 0.1) is 10.0 Å². The fourth-order valence-corrected chi connectivity index (χ4v) is 3.73. The molecule has 0 saturated carbocycles. The van der Waals surface area contributed by atoms with E-state index in [9.17, 15) is 9.59 Å². The monoisotopic (exact) mass is 450 g/mol.